The number of rotatable bonds is 6. The number of hydrogen-bond donors (Lipinski definition) is 1. The van der Waals surface area contributed by atoms with Gasteiger partial charge in [-0.1, -0.05) is 60.2 Å². The largest absolute Gasteiger partial charge is 0.395 e. The van der Waals surface area contributed by atoms with Crippen LogP contribution in [0, 0.1) is 6.92 Å². The summed E-state index contributed by atoms with van der Waals surface area (Å²) < 4.78 is 0. The molecule has 0 spiro atoms. The Bertz CT molecular complexity index is 841. The van der Waals surface area contributed by atoms with E-state index in [-0.39, 0.29) is 31.5 Å². The van der Waals surface area contributed by atoms with E-state index in [9.17, 15) is 14.7 Å². The highest BCUT2D eigenvalue weighted by Crippen LogP contribution is 2.31. The third kappa shape index (κ3) is 3.39. The Balaban J connectivity index is 1.98. The number of hydrogen-bond acceptors (Lipinski definition) is 4. The van der Waals surface area contributed by atoms with Crippen molar-refractivity contribution >= 4 is 17.4 Å². The van der Waals surface area contributed by atoms with Crippen LogP contribution in [0.1, 0.15) is 16.7 Å². The molecule has 26 heavy (non-hydrogen) atoms. The Morgan fingerprint density at radius 1 is 0.962 bits per heavy atom. The van der Waals surface area contributed by atoms with E-state index in [4.69, 9.17) is 0 Å². The van der Waals surface area contributed by atoms with Gasteiger partial charge in [-0.25, -0.2) is 0 Å². The van der Waals surface area contributed by atoms with Crippen LogP contribution in [-0.2, 0) is 16.1 Å². The lowest BCUT2D eigenvalue weighted by Crippen LogP contribution is -2.34. The molecule has 5 nitrogen and oxygen atoms in total. The maximum Gasteiger partial charge on any atom is 0.278 e. The Kier molecular flexibility index (Phi) is 5.19. The molecule has 1 N–H and O–H groups in total. The zero-order valence-corrected chi connectivity index (χ0v) is 15.0. The first kappa shape index (κ1) is 17.9. The van der Waals surface area contributed by atoms with Gasteiger partial charge in [-0.15, -0.1) is 0 Å². The maximum absolute atomic E-state index is 13.1. The molecule has 2 amide bonds. The zero-order chi connectivity index (χ0) is 18.7. The van der Waals surface area contributed by atoms with Gasteiger partial charge in [-0.2, -0.15) is 0 Å². The van der Waals surface area contributed by atoms with E-state index in [0.717, 1.165) is 11.1 Å². The molecule has 0 fully saturated rings. The van der Waals surface area contributed by atoms with Crippen molar-refractivity contribution in [3.8, 4) is 0 Å². The van der Waals surface area contributed by atoms with E-state index in [1.54, 1.807) is 11.9 Å². The molecular formula is C21H22N2O3. The monoisotopic (exact) mass is 350 g/mol. The summed E-state index contributed by atoms with van der Waals surface area (Å²) in [5.41, 5.74) is 3.45. The average molecular weight is 350 g/mol. The Hall–Kier alpha value is -2.92. The molecule has 3 rings (SSSR count). The van der Waals surface area contributed by atoms with Gasteiger partial charge in [0.05, 0.1) is 18.7 Å². The third-order valence-electron chi connectivity index (χ3n) is 4.48. The maximum atomic E-state index is 13.1. The van der Waals surface area contributed by atoms with Crippen molar-refractivity contribution in [2.45, 2.75) is 13.5 Å². The lowest BCUT2D eigenvalue weighted by molar-refractivity contribution is -0.138. The molecule has 0 saturated heterocycles. The molecule has 1 aliphatic heterocycles. The minimum atomic E-state index is -0.328. The lowest BCUT2D eigenvalue weighted by Gasteiger charge is -2.20. The quantitative estimate of drug-likeness (QED) is 0.812. The van der Waals surface area contributed by atoms with Crippen molar-refractivity contribution < 1.29 is 14.7 Å². The first-order chi connectivity index (χ1) is 12.5. The van der Waals surface area contributed by atoms with Crippen molar-refractivity contribution in [3.63, 3.8) is 0 Å². The van der Waals surface area contributed by atoms with E-state index < -0.39 is 0 Å². The van der Waals surface area contributed by atoms with Gasteiger partial charge in [-0.3, -0.25) is 14.5 Å². The van der Waals surface area contributed by atoms with Gasteiger partial charge in [-0.05, 0) is 18.1 Å². The fourth-order valence-electron chi connectivity index (χ4n) is 3.06. The molecule has 2 aromatic carbocycles. The molecule has 0 aliphatic carbocycles. The number of likely N-dealkylation sites (N-methyl/N-ethyl adjacent to an activating group) is 1. The van der Waals surface area contributed by atoms with Gasteiger partial charge in [0.15, 0.2) is 0 Å². The van der Waals surface area contributed by atoms with Crippen LogP contribution in [0.4, 0.5) is 0 Å². The standard InChI is InChI=1S/C21H22N2O3/c1-15-8-10-16(11-9-15)14-23-20(25)18(17-6-4-3-5-7-17)19(21(23)26)22(2)12-13-24/h3-11,24H,12-14H2,1-2H3. The number of aliphatic hydroxyl groups is 1. The van der Waals surface area contributed by atoms with Crippen LogP contribution in [0.5, 0.6) is 0 Å². The van der Waals surface area contributed by atoms with Crippen molar-refractivity contribution in [1.29, 1.82) is 0 Å². The molecule has 1 aliphatic rings. The highest BCUT2D eigenvalue weighted by atomic mass is 16.3. The number of aryl methyl sites for hydroxylation is 1. The summed E-state index contributed by atoms with van der Waals surface area (Å²) in [4.78, 5) is 29.0. The summed E-state index contributed by atoms with van der Waals surface area (Å²) in [5.74, 6) is -0.632. The molecule has 0 unspecified atom stereocenters. The van der Waals surface area contributed by atoms with Gasteiger partial charge < -0.3 is 10.0 Å². The Labute approximate surface area is 153 Å². The lowest BCUT2D eigenvalue weighted by atomic mass is 10.0. The number of aliphatic hydroxyl groups excluding tert-OH is 1. The number of carbonyl (C=O) groups excluding carboxylic acids is 2. The molecule has 0 saturated carbocycles. The van der Waals surface area contributed by atoms with Crippen LogP contribution in [-0.4, -0.2) is 46.9 Å². The van der Waals surface area contributed by atoms with Crippen LogP contribution in [0.15, 0.2) is 60.3 Å². The number of benzene rings is 2. The summed E-state index contributed by atoms with van der Waals surface area (Å²) in [6, 6.07) is 17.0. The summed E-state index contributed by atoms with van der Waals surface area (Å²) >= 11 is 0. The first-order valence-electron chi connectivity index (χ1n) is 8.56. The SMILES string of the molecule is Cc1ccc(CN2C(=O)C(c3ccccc3)=C(N(C)CCO)C2=O)cc1. The van der Waals surface area contributed by atoms with Gasteiger partial charge in [0.2, 0.25) is 0 Å². The van der Waals surface area contributed by atoms with Gasteiger partial charge in [0, 0.05) is 13.6 Å². The van der Waals surface area contributed by atoms with Crippen LogP contribution in [0.3, 0.4) is 0 Å². The summed E-state index contributed by atoms with van der Waals surface area (Å²) in [5, 5.41) is 9.26. The normalized spacial score (nSPS) is 14.3. The van der Waals surface area contributed by atoms with Crippen molar-refractivity contribution in [2.24, 2.45) is 0 Å². The number of nitrogens with zero attached hydrogens (tertiary/aromatic N) is 2. The Morgan fingerprint density at radius 3 is 2.23 bits per heavy atom. The van der Waals surface area contributed by atoms with Gasteiger partial charge >= 0.3 is 0 Å². The number of carbonyl (C=O) groups is 2. The molecular weight excluding hydrogens is 328 g/mol. The summed E-state index contributed by atoms with van der Waals surface area (Å²) in [7, 11) is 1.72. The van der Waals surface area contributed by atoms with E-state index in [0.29, 0.717) is 16.8 Å². The summed E-state index contributed by atoms with van der Waals surface area (Å²) in [6.45, 7) is 2.41. The molecule has 2 aromatic rings. The topological polar surface area (TPSA) is 60.9 Å². The molecule has 134 valence electrons. The van der Waals surface area contributed by atoms with Crippen LogP contribution < -0.4 is 0 Å². The highest BCUT2D eigenvalue weighted by molar-refractivity contribution is 6.35. The minimum Gasteiger partial charge on any atom is -0.395 e. The first-order valence-corrected chi connectivity index (χ1v) is 8.56. The van der Waals surface area contributed by atoms with Crippen molar-refractivity contribution in [1.82, 2.24) is 9.80 Å². The third-order valence-corrected chi connectivity index (χ3v) is 4.48. The fourth-order valence-corrected chi connectivity index (χ4v) is 3.06. The van der Waals surface area contributed by atoms with Crippen LogP contribution >= 0.6 is 0 Å². The molecule has 1 heterocycles. The molecule has 0 radical (unpaired) electrons. The smallest absolute Gasteiger partial charge is 0.278 e. The van der Waals surface area contributed by atoms with E-state index in [2.05, 4.69) is 0 Å². The Morgan fingerprint density at radius 2 is 1.62 bits per heavy atom. The second-order valence-electron chi connectivity index (χ2n) is 6.42. The second-order valence-corrected chi connectivity index (χ2v) is 6.42. The van der Waals surface area contributed by atoms with Crippen molar-refractivity contribution in [2.75, 3.05) is 20.2 Å². The highest BCUT2D eigenvalue weighted by Gasteiger charge is 2.40. The van der Waals surface area contributed by atoms with E-state index >= 15 is 0 Å². The predicted octanol–water partition coefficient (Wildman–Crippen LogP) is 2.20. The van der Waals surface area contributed by atoms with E-state index in [1.807, 2.05) is 61.5 Å². The predicted molar refractivity (Wildman–Crippen MR) is 99.8 cm³/mol. The van der Waals surface area contributed by atoms with Crippen LogP contribution in [0.25, 0.3) is 5.57 Å². The second kappa shape index (κ2) is 7.54. The molecule has 5 heteroatoms. The van der Waals surface area contributed by atoms with Gasteiger partial charge in [0.25, 0.3) is 11.8 Å². The van der Waals surface area contributed by atoms with E-state index in [1.165, 1.54) is 4.90 Å². The molecule has 0 bridgehead atoms. The number of amides is 2. The summed E-state index contributed by atoms with van der Waals surface area (Å²) in [6.07, 6.45) is 0. The fraction of sp³-hybridized carbons (Fsp3) is 0.238. The zero-order valence-electron chi connectivity index (χ0n) is 15.0. The van der Waals surface area contributed by atoms with Crippen molar-refractivity contribution in [3.05, 3.63) is 77.0 Å². The average Bonchev–Trinajstić information content (AvgIpc) is 2.89. The molecule has 0 atom stereocenters. The van der Waals surface area contributed by atoms with Gasteiger partial charge in [0.1, 0.15) is 5.70 Å². The van der Waals surface area contributed by atoms with Crippen LogP contribution in [0.2, 0.25) is 0 Å². The number of imide groups is 1. The molecule has 0 aromatic heterocycles. The minimum absolute atomic E-state index is 0.0957.